The van der Waals surface area contributed by atoms with Gasteiger partial charge >= 0.3 is 6.18 Å². The Morgan fingerprint density at radius 1 is 1.30 bits per heavy atom. The van der Waals surface area contributed by atoms with Crippen molar-refractivity contribution in [2.75, 3.05) is 19.0 Å². The van der Waals surface area contributed by atoms with Gasteiger partial charge < -0.3 is 4.74 Å². The first-order valence-corrected chi connectivity index (χ1v) is 6.82. The Bertz CT molecular complexity index is 599. The van der Waals surface area contributed by atoms with Gasteiger partial charge in [0.15, 0.2) is 0 Å². The predicted molar refractivity (Wildman–Crippen MR) is 67.9 cm³/mol. The van der Waals surface area contributed by atoms with E-state index in [1.807, 2.05) is 19.9 Å². The second-order valence-corrected chi connectivity index (χ2v) is 5.22. The summed E-state index contributed by atoms with van der Waals surface area (Å²) in [7, 11) is 0. The molecule has 0 aromatic carbocycles. The molecular weight excluding hydrogens is 293 g/mol. The summed E-state index contributed by atoms with van der Waals surface area (Å²) >= 11 is 1.24. The number of ether oxygens (including phenoxy) is 1. The average Bonchev–Trinajstić information content (AvgIpc) is 2.70. The summed E-state index contributed by atoms with van der Waals surface area (Å²) in [6, 6.07) is 1.88. The largest absolute Gasteiger partial charge is 0.411 e. The van der Waals surface area contributed by atoms with E-state index in [-0.39, 0.29) is 6.61 Å². The quantitative estimate of drug-likeness (QED) is 0.627. The van der Waals surface area contributed by atoms with Gasteiger partial charge in [0.1, 0.15) is 6.61 Å². The molecule has 0 aliphatic heterocycles. The number of hydrogen-bond donors (Lipinski definition) is 0. The first-order chi connectivity index (χ1) is 9.35. The maximum absolute atomic E-state index is 11.9. The van der Waals surface area contributed by atoms with Crippen molar-refractivity contribution in [2.45, 2.75) is 25.2 Å². The minimum absolute atomic E-state index is 0.00876. The lowest BCUT2D eigenvalue weighted by molar-refractivity contribution is -0.172. The van der Waals surface area contributed by atoms with Crippen LogP contribution in [-0.4, -0.2) is 44.7 Å². The molecule has 0 unspecified atom stereocenters. The number of fused-ring (bicyclic) bond motifs is 1. The van der Waals surface area contributed by atoms with Gasteiger partial charge in [-0.05, 0) is 19.9 Å². The van der Waals surface area contributed by atoms with Crippen LogP contribution in [0.1, 0.15) is 11.4 Å². The van der Waals surface area contributed by atoms with E-state index in [0.717, 1.165) is 11.4 Å². The number of nitrogens with zero attached hydrogens (tertiary/aromatic N) is 4. The van der Waals surface area contributed by atoms with E-state index in [9.17, 15) is 13.2 Å². The van der Waals surface area contributed by atoms with Crippen LogP contribution in [0.3, 0.4) is 0 Å². The molecule has 5 nitrogen and oxygen atoms in total. The molecule has 2 rings (SSSR count). The van der Waals surface area contributed by atoms with Crippen molar-refractivity contribution in [3.05, 3.63) is 17.5 Å². The molecule has 0 bridgehead atoms. The lowest BCUT2D eigenvalue weighted by Crippen LogP contribution is -2.17. The monoisotopic (exact) mass is 306 g/mol. The molecule has 110 valence electrons. The van der Waals surface area contributed by atoms with Gasteiger partial charge in [-0.3, -0.25) is 0 Å². The van der Waals surface area contributed by atoms with Gasteiger partial charge in [0.05, 0.1) is 6.61 Å². The van der Waals surface area contributed by atoms with Crippen LogP contribution in [0.2, 0.25) is 0 Å². The highest BCUT2D eigenvalue weighted by atomic mass is 32.2. The number of rotatable bonds is 5. The predicted octanol–water partition coefficient (Wildman–Crippen LogP) is 2.41. The van der Waals surface area contributed by atoms with Crippen LogP contribution in [0.15, 0.2) is 11.2 Å². The molecule has 0 radical (unpaired) electrons. The molecule has 0 aliphatic carbocycles. The van der Waals surface area contributed by atoms with Crippen molar-refractivity contribution < 1.29 is 17.9 Å². The van der Waals surface area contributed by atoms with E-state index in [1.54, 1.807) is 4.52 Å². The summed E-state index contributed by atoms with van der Waals surface area (Å²) in [6.45, 7) is 2.51. The van der Waals surface area contributed by atoms with Gasteiger partial charge in [-0.25, -0.2) is 9.50 Å². The summed E-state index contributed by atoms with van der Waals surface area (Å²) in [5, 5.41) is 4.70. The Morgan fingerprint density at radius 3 is 2.75 bits per heavy atom. The Morgan fingerprint density at radius 2 is 2.05 bits per heavy atom. The zero-order valence-corrected chi connectivity index (χ0v) is 11.8. The van der Waals surface area contributed by atoms with Crippen molar-refractivity contribution >= 4 is 17.5 Å². The Hall–Kier alpha value is -1.35. The molecule has 2 heterocycles. The lowest BCUT2D eigenvalue weighted by Gasteiger charge is -2.06. The first kappa shape index (κ1) is 15.0. The summed E-state index contributed by atoms with van der Waals surface area (Å²) in [6.07, 6.45) is -4.29. The SMILES string of the molecule is Cc1cc(C)n2nc(SCCOCC(F)(F)F)nc2n1. The van der Waals surface area contributed by atoms with Crippen molar-refractivity contribution in [2.24, 2.45) is 0 Å². The lowest BCUT2D eigenvalue weighted by atomic mass is 10.4. The van der Waals surface area contributed by atoms with Crippen molar-refractivity contribution in [1.29, 1.82) is 0 Å². The van der Waals surface area contributed by atoms with Gasteiger partial charge in [0, 0.05) is 17.1 Å². The normalized spacial score (nSPS) is 12.2. The molecule has 0 fully saturated rings. The fourth-order valence-electron chi connectivity index (χ4n) is 1.59. The maximum Gasteiger partial charge on any atom is 0.411 e. The van der Waals surface area contributed by atoms with Crippen LogP contribution in [0.4, 0.5) is 13.2 Å². The van der Waals surface area contributed by atoms with Crippen molar-refractivity contribution in [3.63, 3.8) is 0 Å². The smallest absolute Gasteiger partial charge is 0.371 e. The fourth-order valence-corrected chi connectivity index (χ4v) is 2.26. The summed E-state index contributed by atoms with van der Waals surface area (Å²) in [5.74, 6) is 0.839. The second-order valence-electron chi connectivity index (χ2n) is 4.16. The molecular formula is C11H13F3N4OS. The van der Waals surface area contributed by atoms with E-state index in [4.69, 9.17) is 0 Å². The highest BCUT2D eigenvalue weighted by Gasteiger charge is 2.27. The fraction of sp³-hybridized carbons (Fsp3) is 0.545. The number of alkyl halides is 3. The molecule has 9 heteroatoms. The third-order valence-corrected chi connectivity index (χ3v) is 3.13. The molecule has 0 aliphatic rings. The molecule has 0 amide bonds. The molecule has 2 aromatic rings. The molecule has 0 N–H and O–H groups in total. The van der Waals surface area contributed by atoms with E-state index < -0.39 is 12.8 Å². The van der Waals surface area contributed by atoms with Crippen LogP contribution in [-0.2, 0) is 4.74 Å². The standard InChI is InChI=1S/C11H13F3N4OS/c1-7-5-8(2)18-9(15-7)16-10(17-18)20-4-3-19-6-11(12,13)14/h5H,3-4,6H2,1-2H3. The molecule has 20 heavy (non-hydrogen) atoms. The minimum Gasteiger partial charge on any atom is -0.371 e. The highest BCUT2D eigenvalue weighted by Crippen LogP contribution is 2.17. The number of thioether (sulfide) groups is 1. The number of aryl methyl sites for hydroxylation is 2. The maximum atomic E-state index is 11.9. The van der Waals surface area contributed by atoms with Gasteiger partial charge in [-0.1, -0.05) is 11.8 Å². The van der Waals surface area contributed by atoms with E-state index in [0.29, 0.717) is 16.7 Å². The third kappa shape index (κ3) is 4.07. The minimum atomic E-state index is -4.29. The van der Waals surface area contributed by atoms with Gasteiger partial charge in [-0.15, -0.1) is 5.10 Å². The average molecular weight is 306 g/mol. The Kier molecular flexibility index (Phi) is 4.48. The van der Waals surface area contributed by atoms with Gasteiger partial charge in [-0.2, -0.15) is 18.2 Å². The first-order valence-electron chi connectivity index (χ1n) is 5.83. The highest BCUT2D eigenvalue weighted by molar-refractivity contribution is 7.99. The molecule has 0 spiro atoms. The molecule has 2 aromatic heterocycles. The van der Waals surface area contributed by atoms with Crippen LogP contribution in [0.25, 0.3) is 5.78 Å². The molecule has 0 saturated heterocycles. The van der Waals surface area contributed by atoms with Crippen molar-refractivity contribution in [1.82, 2.24) is 19.6 Å². The zero-order valence-electron chi connectivity index (χ0n) is 10.9. The molecule has 0 atom stereocenters. The number of aromatic nitrogens is 4. The third-order valence-electron chi connectivity index (χ3n) is 2.32. The van der Waals surface area contributed by atoms with E-state index in [2.05, 4.69) is 19.8 Å². The number of hydrogen-bond acceptors (Lipinski definition) is 5. The van der Waals surface area contributed by atoms with Crippen LogP contribution < -0.4 is 0 Å². The Balaban J connectivity index is 1.89. The van der Waals surface area contributed by atoms with E-state index in [1.165, 1.54) is 11.8 Å². The zero-order chi connectivity index (χ0) is 14.8. The van der Waals surface area contributed by atoms with E-state index >= 15 is 0 Å². The van der Waals surface area contributed by atoms with Crippen LogP contribution in [0, 0.1) is 13.8 Å². The van der Waals surface area contributed by atoms with Gasteiger partial charge in [0.25, 0.3) is 5.78 Å². The molecule has 0 saturated carbocycles. The summed E-state index contributed by atoms with van der Waals surface area (Å²) in [5.41, 5.74) is 1.74. The van der Waals surface area contributed by atoms with Gasteiger partial charge in [0.2, 0.25) is 5.16 Å². The Labute approximate surface area is 117 Å². The van der Waals surface area contributed by atoms with Crippen molar-refractivity contribution in [3.8, 4) is 0 Å². The van der Waals surface area contributed by atoms with Crippen LogP contribution >= 0.6 is 11.8 Å². The second kappa shape index (κ2) is 5.96. The van der Waals surface area contributed by atoms with Crippen LogP contribution in [0.5, 0.6) is 0 Å². The number of halogens is 3. The summed E-state index contributed by atoms with van der Waals surface area (Å²) in [4.78, 5) is 8.44. The summed E-state index contributed by atoms with van der Waals surface area (Å²) < 4.78 is 41.7. The topological polar surface area (TPSA) is 52.3 Å².